The van der Waals surface area contributed by atoms with Crippen molar-refractivity contribution in [2.45, 2.75) is 6.54 Å². The van der Waals surface area contributed by atoms with Crippen molar-refractivity contribution in [3.8, 4) is 0 Å². The van der Waals surface area contributed by atoms with Crippen molar-refractivity contribution in [2.75, 3.05) is 0 Å². The molecule has 0 aliphatic carbocycles. The lowest BCUT2D eigenvalue weighted by Gasteiger charge is -1.99. The summed E-state index contributed by atoms with van der Waals surface area (Å²) in [5.41, 5.74) is 0.521. The highest BCUT2D eigenvalue weighted by atomic mass is 16.4. The van der Waals surface area contributed by atoms with Gasteiger partial charge in [0.25, 0.3) is 0 Å². The number of hydrogen-bond donors (Lipinski definition) is 1. The van der Waals surface area contributed by atoms with Crippen LogP contribution in [0.2, 0.25) is 0 Å². The SMILES string of the molecule is Cn1c(C(=O)O)cn(Cc2ccncc2)c1=O. The largest absolute Gasteiger partial charge is 0.477 e. The smallest absolute Gasteiger partial charge is 0.354 e. The number of carboxylic acid groups (broad SMARTS) is 1. The fraction of sp³-hybridized carbons (Fsp3) is 0.182. The van der Waals surface area contributed by atoms with Crippen LogP contribution in [0.25, 0.3) is 0 Å². The van der Waals surface area contributed by atoms with Crippen molar-refractivity contribution in [2.24, 2.45) is 7.05 Å². The molecule has 0 aliphatic heterocycles. The van der Waals surface area contributed by atoms with E-state index in [4.69, 9.17) is 5.11 Å². The lowest BCUT2D eigenvalue weighted by Crippen LogP contribution is -2.23. The number of carboxylic acids is 1. The molecule has 0 fully saturated rings. The Kier molecular flexibility index (Phi) is 2.78. The Morgan fingerprint density at radius 3 is 2.59 bits per heavy atom. The predicted octanol–water partition coefficient (Wildman–Crippen LogP) is 0.328. The molecular weight excluding hydrogens is 222 g/mol. The second-order valence-corrected chi connectivity index (χ2v) is 3.64. The van der Waals surface area contributed by atoms with Gasteiger partial charge in [-0.05, 0) is 17.7 Å². The van der Waals surface area contributed by atoms with Gasteiger partial charge in [-0.2, -0.15) is 0 Å². The highest BCUT2D eigenvalue weighted by Crippen LogP contribution is 2.01. The van der Waals surface area contributed by atoms with Crippen LogP contribution in [0.1, 0.15) is 16.1 Å². The fourth-order valence-corrected chi connectivity index (χ4v) is 1.58. The number of rotatable bonds is 3. The summed E-state index contributed by atoms with van der Waals surface area (Å²) in [4.78, 5) is 26.5. The van der Waals surface area contributed by atoms with E-state index in [1.54, 1.807) is 24.5 Å². The molecule has 0 radical (unpaired) electrons. The van der Waals surface area contributed by atoms with Crippen LogP contribution in [0.5, 0.6) is 0 Å². The van der Waals surface area contributed by atoms with E-state index in [0.717, 1.165) is 10.1 Å². The Labute approximate surface area is 96.8 Å². The Hall–Kier alpha value is -2.37. The molecular formula is C11H11N3O3. The quantitative estimate of drug-likeness (QED) is 0.828. The number of imidazole rings is 1. The van der Waals surface area contributed by atoms with Crippen LogP contribution in [-0.4, -0.2) is 25.2 Å². The molecule has 0 aliphatic rings. The number of pyridine rings is 1. The molecule has 6 heteroatoms. The first-order chi connectivity index (χ1) is 8.09. The number of aromatic carboxylic acids is 1. The topological polar surface area (TPSA) is 77.1 Å². The van der Waals surface area contributed by atoms with Crippen LogP contribution in [0, 0.1) is 0 Å². The maximum atomic E-state index is 11.7. The first-order valence-corrected chi connectivity index (χ1v) is 4.98. The molecule has 88 valence electrons. The molecule has 2 aromatic heterocycles. The zero-order chi connectivity index (χ0) is 12.4. The zero-order valence-electron chi connectivity index (χ0n) is 9.20. The summed E-state index contributed by atoms with van der Waals surface area (Å²) in [6.07, 6.45) is 4.59. The first kappa shape index (κ1) is 11.1. The highest BCUT2D eigenvalue weighted by Gasteiger charge is 2.13. The monoisotopic (exact) mass is 233 g/mol. The Balaban J connectivity index is 2.38. The van der Waals surface area contributed by atoms with Crippen LogP contribution in [-0.2, 0) is 13.6 Å². The van der Waals surface area contributed by atoms with Gasteiger partial charge < -0.3 is 5.11 Å². The molecule has 2 heterocycles. The van der Waals surface area contributed by atoms with Crippen LogP contribution in [0.15, 0.2) is 35.5 Å². The normalized spacial score (nSPS) is 10.4. The van der Waals surface area contributed by atoms with Crippen LogP contribution >= 0.6 is 0 Å². The van der Waals surface area contributed by atoms with Crippen LogP contribution in [0.3, 0.4) is 0 Å². The molecule has 0 saturated heterocycles. The summed E-state index contributed by atoms with van der Waals surface area (Å²) in [6.45, 7) is 0.336. The molecule has 0 spiro atoms. The average Bonchev–Trinajstić information content (AvgIpc) is 2.59. The summed E-state index contributed by atoms with van der Waals surface area (Å²) in [5, 5.41) is 8.89. The Morgan fingerprint density at radius 2 is 2.06 bits per heavy atom. The van der Waals surface area contributed by atoms with Gasteiger partial charge in [-0.3, -0.25) is 14.1 Å². The third-order valence-corrected chi connectivity index (χ3v) is 2.49. The molecule has 0 aromatic carbocycles. The van der Waals surface area contributed by atoms with Gasteiger partial charge in [0.15, 0.2) is 0 Å². The number of aromatic nitrogens is 3. The summed E-state index contributed by atoms with van der Waals surface area (Å²) < 4.78 is 2.47. The number of carbonyl (C=O) groups is 1. The van der Waals surface area contributed by atoms with Gasteiger partial charge in [0.2, 0.25) is 0 Å². The third kappa shape index (κ3) is 2.10. The zero-order valence-corrected chi connectivity index (χ0v) is 9.20. The molecule has 0 unspecified atom stereocenters. The van der Waals surface area contributed by atoms with Crippen molar-refractivity contribution >= 4 is 5.97 Å². The molecule has 1 N–H and O–H groups in total. The van der Waals surface area contributed by atoms with Gasteiger partial charge in [0.05, 0.1) is 6.54 Å². The van der Waals surface area contributed by atoms with E-state index in [-0.39, 0.29) is 11.4 Å². The molecule has 2 rings (SSSR count). The van der Waals surface area contributed by atoms with Gasteiger partial charge in [0, 0.05) is 25.6 Å². The lowest BCUT2D eigenvalue weighted by molar-refractivity contribution is 0.0686. The van der Waals surface area contributed by atoms with E-state index in [0.29, 0.717) is 6.54 Å². The van der Waals surface area contributed by atoms with Crippen molar-refractivity contribution in [3.63, 3.8) is 0 Å². The molecule has 17 heavy (non-hydrogen) atoms. The van der Waals surface area contributed by atoms with E-state index in [1.165, 1.54) is 17.8 Å². The van der Waals surface area contributed by atoms with E-state index < -0.39 is 5.97 Å². The maximum absolute atomic E-state index is 11.7. The predicted molar refractivity (Wildman–Crippen MR) is 60.0 cm³/mol. The summed E-state index contributed by atoms with van der Waals surface area (Å²) >= 11 is 0. The summed E-state index contributed by atoms with van der Waals surface area (Å²) in [7, 11) is 1.44. The van der Waals surface area contributed by atoms with E-state index in [2.05, 4.69) is 4.98 Å². The minimum absolute atomic E-state index is 0.0240. The maximum Gasteiger partial charge on any atom is 0.354 e. The highest BCUT2D eigenvalue weighted by molar-refractivity contribution is 5.85. The van der Waals surface area contributed by atoms with E-state index in [9.17, 15) is 9.59 Å². The van der Waals surface area contributed by atoms with Crippen molar-refractivity contribution in [1.29, 1.82) is 0 Å². The van der Waals surface area contributed by atoms with E-state index in [1.807, 2.05) is 0 Å². The summed E-state index contributed by atoms with van der Waals surface area (Å²) in [5.74, 6) is -1.11. The van der Waals surface area contributed by atoms with Gasteiger partial charge in [-0.15, -0.1) is 0 Å². The van der Waals surface area contributed by atoms with Gasteiger partial charge in [-0.1, -0.05) is 0 Å². The average molecular weight is 233 g/mol. The molecule has 0 amide bonds. The molecule has 0 atom stereocenters. The van der Waals surface area contributed by atoms with E-state index >= 15 is 0 Å². The molecule has 2 aromatic rings. The second-order valence-electron chi connectivity index (χ2n) is 3.64. The second kappa shape index (κ2) is 4.25. The van der Waals surface area contributed by atoms with Crippen molar-refractivity contribution in [3.05, 3.63) is 52.5 Å². The first-order valence-electron chi connectivity index (χ1n) is 4.98. The number of nitrogens with zero attached hydrogens (tertiary/aromatic N) is 3. The van der Waals surface area contributed by atoms with Gasteiger partial charge in [0.1, 0.15) is 5.69 Å². The fourth-order valence-electron chi connectivity index (χ4n) is 1.58. The van der Waals surface area contributed by atoms with Crippen LogP contribution < -0.4 is 5.69 Å². The Bertz CT molecular complexity index is 598. The molecule has 0 saturated carbocycles. The number of hydrogen-bond acceptors (Lipinski definition) is 3. The van der Waals surface area contributed by atoms with Gasteiger partial charge in [-0.25, -0.2) is 9.59 Å². The summed E-state index contributed by atoms with van der Waals surface area (Å²) in [6, 6.07) is 3.56. The van der Waals surface area contributed by atoms with Crippen molar-refractivity contribution in [1.82, 2.24) is 14.1 Å². The lowest BCUT2D eigenvalue weighted by atomic mass is 10.3. The minimum atomic E-state index is -1.11. The van der Waals surface area contributed by atoms with Crippen LogP contribution in [0.4, 0.5) is 0 Å². The van der Waals surface area contributed by atoms with Gasteiger partial charge >= 0.3 is 11.7 Å². The third-order valence-electron chi connectivity index (χ3n) is 2.49. The molecule has 0 bridgehead atoms. The van der Waals surface area contributed by atoms with Crippen molar-refractivity contribution < 1.29 is 9.90 Å². The Morgan fingerprint density at radius 1 is 1.41 bits per heavy atom. The standard InChI is InChI=1S/C11H11N3O3/c1-13-9(10(15)16)7-14(11(13)17)6-8-2-4-12-5-3-8/h2-5,7H,6H2,1H3,(H,15,16). The molecule has 6 nitrogen and oxygen atoms in total. The minimum Gasteiger partial charge on any atom is -0.477 e.